The first-order valence-electron chi connectivity index (χ1n) is 9.67. The molecule has 0 bridgehead atoms. The topological polar surface area (TPSA) is 47.3 Å². The largest absolute Gasteiger partial charge is 0.494 e. The summed E-state index contributed by atoms with van der Waals surface area (Å²) in [5.74, 6) is 1.53. The molecule has 1 fully saturated rings. The molecule has 0 amide bonds. The van der Waals surface area contributed by atoms with Crippen molar-refractivity contribution in [3.8, 4) is 5.75 Å². The van der Waals surface area contributed by atoms with Crippen LogP contribution in [0.4, 0.5) is 5.69 Å². The second kappa shape index (κ2) is 11.3. The number of para-hydroxylation sites is 1. The number of hydrogen-bond donors (Lipinski definition) is 2. The number of methoxy groups -OCH3 is 1. The van der Waals surface area contributed by atoms with Crippen LogP contribution in [0.1, 0.15) is 45.6 Å². The van der Waals surface area contributed by atoms with Crippen LogP contribution in [0, 0.1) is 12.8 Å². The Morgan fingerprint density at radius 2 is 2.11 bits per heavy atom. The summed E-state index contributed by atoms with van der Waals surface area (Å²) in [6.45, 7) is 16.2. The van der Waals surface area contributed by atoms with Gasteiger partial charge < -0.3 is 15.8 Å². The molecule has 1 aromatic rings. The third-order valence-corrected chi connectivity index (χ3v) is 5.02. The highest BCUT2D eigenvalue weighted by atomic mass is 16.5. The standard InChI is InChI=1S/C16H25N.C8H11NO/c1-6-13(4)17-14(5)15(7-2)11-16-10-8-9-12(16)3;1-6-4-3-5-7(9)8(6)10-2/h6-7,11-12,14,17H,1,4,8-10H2,2-3,5H3;3-5H,9H2,1-2H3/b15-7+,16-11-;. The molecule has 0 heterocycles. The molecule has 3 heteroatoms. The zero-order valence-corrected chi connectivity index (χ0v) is 17.6. The highest BCUT2D eigenvalue weighted by Crippen LogP contribution is 2.31. The van der Waals surface area contributed by atoms with E-state index in [-0.39, 0.29) is 0 Å². The smallest absolute Gasteiger partial charge is 0.144 e. The predicted octanol–water partition coefficient (Wildman–Crippen LogP) is 5.94. The Morgan fingerprint density at radius 3 is 2.56 bits per heavy atom. The molecule has 2 atom stereocenters. The van der Waals surface area contributed by atoms with Crippen LogP contribution < -0.4 is 15.8 Å². The fourth-order valence-corrected chi connectivity index (χ4v) is 3.31. The van der Waals surface area contributed by atoms with E-state index >= 15 is 0 Å². The van der Waals surface area contributed by atoms with Gasteiger partial charge in [-0.15, -0.1) is 0 Å². The molecule has 1 aliphatic carbocycles. The number of hydrogen-bond acceptors (Lipinski definition) is 3. The molecule has 0 spiro atoms. The van der Waals surface area contributed by atoms with E-state index in [9.17, 15) is 0 Å². The van der Waals surface area contributed by atoms with Crippen LogP contribution in [0.25, 0.3) is 0 Å². The molecule has 3 nitrogen and oxygen atoms in total. The van der Waals surface area contributed by atoms with Gasteiger partial charge in [-0.2, -0.15) is 0 Å². The molecule has 0 aliphatic heterocycles. The summed E-state index contributed by atoms with van der Waals surface area (Å²) in [7, 11) is 1.62. The van der Waals surface area contributed by atoms with Crippen LogP contribution in [-0.4, -0.2) is 13.2 Å². The van der Waals surface area contributed by atoms with Crippen LogP contribution >= 0.6 is 0 Å². The second-order valence-electron chi connectivity index (χ2n) is 7.09. The maximum Gasteiger partial charge on any atom is 0.144 e. The van der Waals surface area contributed by atoms with Crippen LogP contribution in [0.2, 0.25) is 0 Å². The Balaban J connectivity index is 0.000000309. The van der Waals surface area contributed by atoms with E-state index in [2.05, 4.69) is 51.4 Å². The number of aryl methyl sites for hydroxylation is 1. The number of anilines is 1. The van der Waals surface area contributed by atoms with Crippen molar-refractivity contribution in [2.24, 2.45) is 5.92 Å². The molecular formula is C24H36N2O. The SMILES string of the molecule is C=CC(=C)NC(C)C(/C=C1/CCCC1C)=C/C.COc1c(C)cccc1N. The highest BCUT2D eigenvalue weighted by Gasteiger charge is 2.17. The van der Waals surface area contributed by atoms with Gasteiger partial charge in [-0.1, -0.05) is 49.9 Å². The van der Waals surface area contributed by atoms with Crippen LogP contribution in [0.3, 0.4) is 0 Å². The molecule has 1 aliphatic rings. The van der Waals surface area contributed by atoms with Gasteiger partial charge in [0.05, 0.1) is 12.8 Å². The summed E-state index contributed by atoms with van der Waals surface area (Å²) in [6, 6.07) is 6.00. The summed E-state index contributed by atoms with van der Waals surface area (Å²) in [6.07, 6.45) is 10.2. The fraction of sp³-hybridized carbons (Fsp3) is 0.417. The summed E-state index contributed by atoms with van der Waals surface area (Å²) in [4.78, 5) is 0. The molecule has 1 aromatic carbocycles. The van der Waals surface area contributed by atoms with E-state index in [1.807, 2.05) is 25.1 Å². The fourth-order valence-electron chi connectivity index (χ4n) is 3.31. The number of nitrogen functional groups attached to an aromatic ring is 1. The van der Waals surface area contributed by atoms with Gasteiger partial charge in [0.1, 0.15) is 5.75 Å². The Bertz CT molecular complexity index is 680. The Hall–Kier alpha value is -2.42. The van der Waals surface area contributed by atoms with Crippen molar-refractivity contribution in [1.82, 2.24) is 5.32 Å². The van der Waals surface area contributed by atoms with Crippen molar-refractivity contribution in [3.05, 3.63) is 72.0 Å². The zero-order chi connectivity index (χ0) is 20.4. The number of nitrogens with one attached hydrogen (secondary N) is 1. The summed E-state index contributed by atoms with van der Waals surface area (Å²) < 4.78 is 5.05. The number of allylic oxidation sites excluding steroid dienone is 3. The summed E-state index contributed by atoms with van der Waals surface area (Å²) in [5, 5.41) is 3.34. The molecule has 2 unspecified atom stereocenters. The van der Waals surface area contributed by atoms with Crippen LogP contribution in [0.15, 0.2) is 66.4 Å². The minimum atomic E-state index is 0.297. The third kappa shape index (κ3) is 7.01. The maximum absolute atomic E-state index is 5.61. The average Bonchev–Trinajstić information content (AvgIpc) is 3.04. The van der Waals surface area contributed by atoms with E-state index in [4.69, 9.17) is 10.5 Å². The normalized spacial score (nSPS) is 19.1. The lowest BCUT2D eigenvalue weighted by atomic mass is 9.99. The number of rotatable bonds is 6. The molecule has 3 N–H and O–H groups in total. The van der Waals surface area contributed by atoms with E-state index in [1.165, 1.54) is 24.8 Å². The first-order chi connectivity index (χ1) is 12.8. The minimum absolute atomic E-state index is 0.297. The summed E-state index contributed by atoms with van der Waals surface area (Å²) >= 11 is 0. The average molecular weight is 369 g/mol. The van der Waals surface area contributed by atoms with Crippen molar-refractivity contribution < 1.29 is 4.74 Å². The minimum Gasteiger partial charge on any atom is -0.494 e. The second-order valence-corrected chi connectivity index (χ2v) is 7.09. The third-order valence-electron chi connectivity index (χ3n) is 5.02. The van der Waals surface area contributed by atoms with Gasteiger partial charge >= 0.3 is 0 Å². The monoisotopic (exact) mass is 368 g/mol. The van der Waals surface area contributed by atoms with Gasteiger partial charge in [0, 0.05) is 11.7 Å². The van der Waals surface area contributed by atoms with Crippen LogP contribution in [0.5, 0.6) is 5.75 Å². The number of ether oxygens (including phenoxy) is 1. The highest BCUT2D eigenvalue weighted by molar-refractivity contribution is 5.56. The Morgan fingerprint density at radius 1 is 1.41 bits per heavy atom. The predicted molar refractivity (Wildman–Crippen MR) is 119 cm³/mol. The van der Waals surface area contributed by atoms with Gasteiger partial charge in [0.2, 0.25) is 0 Å². The van der Waals surface area contributed by atoms with Gasteiger partial charge in [-0.3, -0.25) is 0 Å². The van der Waals surface area contributed by atoms with E-state index in [0.717, 1.165) is 22.9 Å². The van der Waals surface area contributed by atoms with Crippen molar-refractivity contribution in [2.45, 2.75) is 53.0 Å². The quantitative estimate of drug-likeness (QED) is 0.482. The Kier molecular flexibility index (Phi) is 9.49. The van der Waals surface area contributed by atoms with E-state index in [0.29, 0.717) is 11.7 Å². The first kappa shape index (κ1) is 22.6. The van der Waals surface area contributed by atoms with Gasteiger partial charge in [-0.05, 0) is 69.2 Å². The lowest BCUT2D eigenvalue weighted by Gasteiger charge is -2.18. The first-order valence-corrected chi connectivity index (χ1v) is 9.67. The van der Waals surface area contributed by atoms with Gasteiger partial charge in [-0.25, -0.2) is 0 Å². The summed E-state index contributed by atoms with van der Waals surface area (Å²) in [5.41, 5.74) is 11.2. The molecule has 148 valence electrons. The molecule has 2 rings (SSSR count). The van der Waals surface area contributed by atoms with E-state index < -0.39 is 0 Å². The number of benzene rings is 1. The molecule has 27 heavy (non-hydrogen) atoms. The van der Waals surface area contributed by atoms with Crippen LogP contribution in [-0.2, 0) is 0 Å². The zero-order valence-electron chi connectivity index (χ0n) is 17.6. The molecule has 0 saturated heterocycles. The lowest BCUT2D eigenvalue weighted by molar-refractivity contribution is 0.414. The molecule has 0 radical (unpaired) electrons. The molecular weight excluding hydrogens is 332 g/mol. The lowest BCUT2D eigenvalue weighted by Crippen LogP contribution is -2.25. The molecule has 0 aromatic heterocycles. The van der Waals surface area contributed by atoms with Crippen molar-refractivity contribution in [1.29, 1.82) is 0 Å². The van der Waals surface area contributed by atoms with E-state index in [1.54, 1.807) is 18.8 Å². The number of nitrogens with two attached hydrogens (primary N) is 1. The van der Waals surface area contributed by atoms with Crippen molar-refractivity contribution in [2.75, 3.05) is 12.8 Å². The van der Waals surface area contributed by atoms with Crippen molar-refractivity contribution >= 4 is 5.69 Å². The van der Waals surface area contributed by atoms with Crippen molar-refractivity contribution in [3.63, 3.8) is 0 Å². The Labute approximate surface area is 165 Å². The maximum atomic E-state index is 5.61. The molecule has 1 saturated carbocycles. The van der Waals surface area contributed by atoms with Gasteiger partial charge in [0.15, 0.2) is 0 Å². The van der Waals surface area contributed by atoms with Gasteiger partial charge in [0.25, 0.3) is 0 Å².